The minimum absolute atomic E-state index is 0.119. The number of ether oxygens (including phenoxy) is 1. The molecular weight excluding hydrogens is 588 g/mol. The second kappa shape index (κ2) is 26.6. The molecule has 0 radical (unpaired) electrons. The number of alkyl halides is 1. The number of aliphatic imine (C=N–C) groups is 2. The first-order valence-electron chi connectivity index (χ1n) is 14.8. The highest BCUT2D eigenvalue weighted by atomic mass is 79.9. The number of likely N-dealkylation sites (tertiary alicyclic amines) is 1. The first kappa shape index (κ1) is 38.7. The monoisotopic (exact) mass is 638 g/mol. The van der Waals surface area contributed by atoms with Gasteiger partial charge in [-0.05, 0) is 70.8 Å². The molecule has 0 aliphatic carbocycles. The van der Waals surface area contributed by atoms with E-state index in [1.54, 1.807) is 0 Å². The van der Waals surface area contributed by atoms with Crippen LogP contribution in [-0.4, -0.2) is 53.7 Å². The van der Waals surface area contributed by atoms with Gasteiger partial charge in [-0.3, -0.25) is 10.3 Å². The van der Waals surface area contributed by atoms with Crippen molar-refractivity contribution in [1.29, 1.82) is 0 Å². The summed E-state index contributed by atoms with van der Waals surface area (Å²) in [6.45, 7) is 14.1. The van der Waals surface area contributed by atoms with E-state index in [4.69, 9.17) is 21.9 Å². The molecule has 0 bridgehead atoms. The lowest BCUT2D eigenvalue weighted by molar-refractivity contribution is 0.191. The van der Waals surface area contributed by atoms with E-state index in [2.05, 4.69) is 73.2 Å². The fraction of sp³-hybridized carbons (Fsp3) is 0.500. The Balaban J connectivity index is 0.00000257. The first-order chi connectivity index (χ1) is 20.4. The van der Waals surface area contributed by atoms with E-state index in [1.807, 2.05) is 77.3 Å². The molecule has 2 unspecified atom stereocenters. The molecule has 0 spiro atoms. The van der Waals surface area contributed by atoms with Gasteiger partial charge in [0.2, 0.25) is 0 Å². The van der Waals surface area contributed by atoms with Crippen LogP contribution in [0, 0.1) is 24.2 Å². The Kier molecular flexibility index (Phi) is 24.5. The van der Waals surface area contributed by atoms with Gasteiger partial charge in [0.25, 0.3) is 0 Å². The molecule has 3 N–H and O–H groups in total. The summed E-state index contributed by atoms with van der Waals surface area (Å²) in [5, 5.41) is 4.42. The van der Waals surface area contributed by atoms with Gasteiger partial charge in [0.05, 0.1) is 12.8 Å². The summed E-state index contributed by atoms with van der Waals surface area (Å²) in [7, 11) is 0. The van der Waals surface area contributed by atoms with E-state index in [-0.39, 0.29) is 11.0 Å². The summed E-state index contributed by atoms with van der Waals surface area (Å²) in [6, 6.07) is 0.322. The van der Waals surface area contributed by atoms with Crippen LogP contribution in [0.3, 0.4) is 0 Å². The number of nitrogens with zero attached hydrogens (tertiary/aromatic N) is 4. The van der Waals surface area contributed by atoms with Crippen LogP contribution in [0.1, 0.15) is 80.1 Å². The summed E-state index contributed by atoms with van der Waals surface area (Å²) in [6.07, 6.45) is 28.3. The highest BCUT2D eigenvalue weighted by molar-refractivity contribution is 9.09. The van der Waals surface area contributed by atoms with Crippen molar-refractivity contribution in [2.45, 2.75) is 91.1 Å². The Labute approximate surface area is 264 Å². The Morgan fingerprint density at radius 2 is 1.98 bits per heavy atom. The van der Waals surface area contributed by atoms with Crippen LogP contribution < -0.4 is 11.2 Å². The van der Waals surface area contributed by atoms with Crippen LogP contribution in [0.2, 0.25) is 0 Å². The van der Waals surface area contributed by atoms with Gasteiger partial charge < -0.3 is 10.5 Å². The van der Waals surface area contributed by atoms with E-state index < -0.39 is 0 Å². The van der Waals surface area contributed by atoms with Crippen molar-refractivity contribution >= 4 is 34.0 Å². The molecule has 230 valence electrons. The largest absolute Gasteiger partial charge is 0.463 e. The molecule has 2 heterocycles. The lowest BCUT2D eigenvalue weighted by Gasteiger charge is -2.30. The summed E-state index contributed by atoms with van der Waals surface area (Å²) in [5.41, 5.74) is 10.9. The zero-order chi connectivity index (χ0) is 31.4. The number of piperidine rings is 1. The predicted molar refractivity (Wildman–Crippen MR) is 187 cm³/mol. The van der Waals surface area contributed by atoms with E-state index in [1.165, 1.54) is 19.3 Å². The Morgan fingerprint density at radius 3 is 2.60 bits per heavy atom. The van der Waals surface area contributed by atoms with Gasteiger partial charge in [0, 0.05) is 36.5 Å². The van der Waals surface area contributed by atoms with Crippen LogP contribution in [0.5, 0.6) is 0 Å². The van der Waals surface area contributed by atoms with Gasteiger partial charge in [-0.15, -0.1) is 24.2 Å². The summed E-state index contributed by atoms with van der Waals surface area (Å²) in [5.74, 6) is 8.49. The van der Waals surface area contributed by atoms with E-state index >= 15 is 0 Å². The molecule has 1 saturated heterocycles. The third-order valence-electron chi connectivity index (χ3n) is 5.65. The number of rotatable bonds is 11. The molecule has 2 atom stereocenters. The topological polar surface area (TPSA) is 87.6 Å². The number of amidine groups is 2. The highest BCUT2D eigenvalue weighted by Crippen LogP contribution is 2.16. The SMILES string of the molecule is C#CC/C=C\C=C(/N)CCOC1=NC(N2CCCCC2)C=CC(N/N=C/C(=C/C(C)Br)C/C=C\C)=N1.CC.CC#CC. The molecule has 2 aliphatic heterocycles. The molecule has 0 aromatic heterocycles. The minimum Gasteiger partial charge on any atom is -0.463 e. The van der Waals surface area contributed by atoms with E-state index in [9.17, 15) is 0 Å². The number of allylic oxidation sites excluding steroid dienone is 7. The fourth-order valence-electron chi connectivity index (χ4n) is 3.59. The van der Waals surface area contributed by atoms with Gasteiger partial charge in [0.1, 0.15) is 6.17 Å². The van der Waals surface area contributed by atoms with Gasteiger partial charge in [-0.25, -0.2) is 4.99 Å². The Bertz CT molecular complexity index is 1080. The van der Waals surface area contributed by atoms with Crippen LogP contribution in [0.15, 0.2) is 75.0 Å². The average Bonchev–Trinajstić information content (AvgIpc) is 3.21. The van der Waals surface area contributed by atoms with Crippen LogP contribution in [0.4, 0.5) is 0 Å². The second-order valence-corrected chi connectivity index (χ2v) is 10.5. The molecule has 0 aromatic rings. The molecule has 7 nitrogen and oxygen atoms in total. The number of hydrogen-bond donors (Lipinski definition) is 2. The molecule has 42 heavy (non-hydrogen) atoms. The standard InChI is InChI=1S/C28H39BrN6O.C4H6.C2H6/c1-4-6-8-10-14-25(30)17-20-36-28-32-26(15-16-27(33-28)35-18-11-9-12-19-35)34-31-22-24(13-7-5-2)21-23(3)29;1-3-4-2;1-2/h1,5,7-8,10,14-16,21-23,27H,6,9,11-13,17-20,30H2,2-3H3,(H,32,33,34);1-2H3;1-2H3/b7-5-,10-8-,24-21+,25-14-,31-22+;;. The maximum atomic E-state index is 6.07. The zero-order valence-corrected chi connectivity index (χ0v) is 28.0. The molecular formula is C34H51BrN6O. The molecule has 2 rings (SSSR count). The van der Waals surface area contributed by atoms with Crippen LogP contribution in [0.25, 0.3) is 0 Å². The van der Waals surface area contributed by atoms with Gasteiger partial charge >= 0.3 is 6.02 Å². The number of hydrogen-bond acceptors (Lipinski definition) is 7. The number of hydrazone groups is 1. The maximum absolute atomic E-state index is 6.07. The second-order valence-electron chi connectivity index (χ2n) is 9.02. The van der Waals surface area contributed by atoms with Crippen molar-refractivity contribution in [2.75, 3.05) is 19.7 Å². The molecule has 0 aromatic carbocycles. The van der Waals surface area contributed by atoms with Gasteiger partial charge in [-0.2, -0.15) is 10.1 Å². The molecule has 8 heteroatoms. The van der Waals surface area contributed by atoms with Crippen molar-refractivity contribution < 1.29 is 4.74 Å². The van der Waals surface area contributed by atoms with Crippen molar-refractivity contribution in [3.63, 3.8) is 0 Å². The number of nitrogens with two attached hydrogens (primary N) is 1. The Hall–Kier alpha value is -3.33. The third kappa shape index (κ3) is 19.7. The number of terminal acetylenes is 1. The predicted octanol–water partition coefficient (Wildman–Crippen LogP) is 7.26. The minimum atomic E-state index is -0.119. The summed E-state index contributed by atoms with van der Waals surface area (Å²) in [4.78, 5) is 12.0. The van der Waals surface area contributed by atoms with Gasteiger partial charge in [-0.1, -0.05) is 66.6 Å². The average molecular weight is 640 g/mol. The number of halogens is 1. The molecule has 2 aliphatic rings. The van der Waals surface area contributed by atoms with E-state index in [0.29, 0.717) is 37.0 Å². The first-order valence-corrected chi connectivity index (χ1v) is 15.7. The summed E-state index contributed by atoms with van der Waals surface area (Å²) >= 11 is 3.57. The van der Waals surface area contributed by atoms with E-state index in [0.717, 1.165) is 25.1 Å². The fourth-order valence-corrected chi connectivity index (χ4v) is 3.93. The lowest BCUT2D eigenvalue weighted by atomic mass is 10.1. The van der Waals surface area contributed by atoms with Crippen molar-refractivity contribution in [3.05, 3.63) is 59.9 Å². The molecule has 0 amide bonds. The smallest absolute Gasteiger partial charge is 0.315 e. The Morgan fingerprint density at radius 1 is 1.26 bits per heavy atom. The van der Waals surface area contributed by atoms with Crippen molar-refractivity contribution in [2.24, 2.45) is 20.8 Å². The molecule has 1 fully saturated rings. The van der Waals surface area contributed by atoms with Crippen molar-refractivity contribution in [1.82, 2.24) is 10.3 Å². The zero-order valence-electron chi connectivity index (χ0n) is 26.4. The number of nitrogens with one attached hydrogen (secondary N) is 1. The quantitative estimate of drug-likeness (QED) is 0.0623. The highest BCUT2D eigenvalue weighted by Gasteiger charge is 2.21. The van der Waals surface area contributed by atoms with Crippen LogP contribution >= 0.6 is 15.9 Å². The summed E-state index contributed by atoms with van der Waals surface area (Å²) < 4.78 is 5.95. The normalized spacial score (nSPS) is 18.4. The van der Waals surface area contributed by atoms with Gasteiger partial charge in [0.15, 0.2) is 5.84 Å². The maximum Gasteiger partial charge on any atom is 0.315 e. The third-order valence-corrected chi connectivity index (χ3v) is 5.91. The lowest BCUT2D eigenvalue weighted by Crippen LogP contribution is -2.37. The van der Waals surface area contributed by atoms with Crippen LogP contribution in [-0.2, 0) is 4.74 Å². The molecule has 0 saturated carbocycles. The van der Waals surface area contributed by atoms with Crippen molar-refractivity contribution in [3.8, 4) is 24.2 Å².